The lowest BCUT2D eigenvalue weighted by Crippen LogP contribution is -2.22. The maximum atomic E-state index is 12.6. The highest BCUT2D eigenvalue weighted by Crippen LogP contribution is 2.33. The van der Waals surface area contributed by atoms with E-state index in [-0.39, 0.29) is 17.3 Å². The topological polar surface area (TPSA) is 69.0 Å². The smallest absolute Gasteiger partial charge is 0.387 e. The number of alkyl halides is 2. The normalized spacial score (nSPS) is 16.9. The van der Waals surface area contributed by atoms with Crippen molar-refractivity contribution in [2.24, 2.45) is 4.99 Å². The zero-order valence-corrected chi connectivity index (χ0v) is 18.4. The Bertz CT molecular complexity index is 1280. The van der Waals surface area contributed by atoms with E-state index in [0.717, 1.165) is 48.7 Å². The van der Waals surface area contributed by atoms with Crippen LogP contribution in [0.5, 0.6) is 5.75 Å². The van der Waals surface area contributed by atoms with Gasteiger partial charge in [0.15, 0.2) is 5.70 Å². The Morgan fingerprint density at radius 3 is 2.59 bits per heavy atom. The van der Waals surface area contributed by atoms with Crippen molar-refractivity contribution in [2.75, 3.05) is 18.0 Å². The van der Waals surface area contributed by atoms with Crippen molar-refractivity contribution in [1.29, 1.82) is 0 Å². The number of para-hydroxylation sites is 1. The maximum absolute atomic E-state index is 12.6. The number of halogens is 2. The number of anilines is 1. The van der Waals surface area contributed by atoms with Crippen LogP contribution in [-0.4, -0.2) is 41.3 Å². The second-order valence-electron chi connectivity index (χ2n) is 8.01. The van der Waals surface area contributed by atoms with E-state index in [9.17, 15) is 13.6 Å². The Morgan fingerprint density at radius 2 is 1.85 bits per heavy atom. The number of aromatic nitrogens is 2. The van der Waals surface area contributed by atoms with Crippen LogP contribution in [0.4, 0.5) is 14.6 Å². The van der Waals surface area contributed by atoms with Crippen LogP contribution >= 0.6 is 0 Å². The number of carbonyl (C=O) groups excluding carboxylic acids is 1. The van der Waals surface area contributed by atoms with Gasteiger partial charge < -0.3 is 14.4 Å². The van der Waals surface area contributed by atoms with E-state index in [1.54, 1.807) is 12.1 Å². The Balaban J connectivity index is 1.55. The van der Waals surface area contributed by atoms with Crippen LogP contribution < -0.4 is 9.64 Å². The van der Waals surface area contributed by atoms with Crippen LogP contribution in [-0.2, 0) is 9.53 Å². The van der Waals surface area contributed by atoms with Gasteiger partial charge in [-0.1, -0.05) is 24.3 Å². The summed E-state index contributed by atoms with van der Waals surface area (Å²) in [4.78, 5) is 19.3. The molecule has 1 fully saturated rings. The van der Waals surface area contributed by atoms with Crippen molar-refractivity contribution in [3.63, 3.8) is 0 Å². The fraction of sp³-hybridized carbons (Fsp3) is 0.240. The van der Waals surface area contributed by atoms with Crippen molar-refractivity contribution >= 4 is 23.8 Å². The third-order valence-electron chi connectivity index (χ3n) is 5.70. The molecule has 1 saturated heterocycles. The van der Waals surface area contributed by atoms with Crippen LogP contribution in [0.1, 0.15) is 29.7 Å². The third-order valence-corrected chi connectivity index (χ3v) is 5.70. The number of hydrogen-bond donors (Lipinski definition) is 0. The number of ether oxygens (including phenoxy) is 2. The first-order chi connectivity index (χ1) is 16.5. The van der Waals surface area contributed by atoms with E-state index in [4.69, 9.17) is 9.84 Å². The minimum Gasteiger partial charge on any atom is -0.435 e. The lowest BCUT2D eigenvalue weighted by molar-refractivity contribution is -0.129. The second kappa shape index (κ2) is 9.09. The molecule has 0 N–H and O–H groups in total. The molecule has 3 heterocycles. The van der Waals surface area contributed by atoms with Crippen molar-refractivity contribution in [3.8, 4) is 11.4 Å². The number of rotatable bonds is 6. The summed E-state index contributed by atoms with van der Waals surface area (Å²) >= 11 is 0. The highest BCUT2D eigenvalue weighted by atomic mass is 19.3. The summed E-state index contributed by atoms with van der Waals surface area (Å²) in [5.74, 6) is 0.277. The molecule has 0 radical (unpaired) electrons. The van der Waals surface area contributed by atoms with E-state index >= 15 is 0 Å². The Labute approximate surface area is 194 Å². The molecule has 0 unspecified atom stereocenters. The first kappa shape index (κ1) is 21.8. The molecule has 2 aromatic carbocycles. The second-order valence-corrected chi connectivity index (χ2v) is 8.01. The average molecular weight is 464 g/mol. The van der Waals surface area contributed by atoms with Crippen molar-refractivity contribution in [2.45, 2.75) is 26.4 Å². The maximum Gasteiger partial charge on any atom is 0.387 e. The predicted octanol–water partition coefficient (Wildman–Crippen LogP) is 4.73. The molecule has 5 rings (SSSR count). The zero-order chi connectivity index (χ0) is 23.7. The van der Waals surface area contributed by atoms with Crippen LogP contribution in [0, 0.1) is 6.92 Å². The standard InChI is InChI=1S/C25H22F2N4O3/c1-16-20(23(30-12-5-6-13-30)31(29-16)18-9-3-2-4-10-18)15-21-24(32)34-22(28-21)17-8-7-11-19(14-17)33-25(26)27/h2-4,7-11,14-15,25H,5-6,12-13H2,1H3/b21-15+. The minimum absolute atomic E-state index is 0.0341. The Hall–Kier alpha value is -4.01. The Kier molecular flexibility index (Phi) is 5.83. The van der Waals surface area contributed by atoms with Crippen LogP contribution in [0.3, 0.4) is 0 Å². The predicted molar refractivity (Wildman–Crippen MR) is 123 cm³/mol. The molecular formula is C25H22F2N4O3. The highest BCUT2D eigenvalue weighted by molar-refractivity contribution is 6.13. The van der Waals surface area contributed by atoms with Crippen LogP contribution in [0.25, 0.3) is 11.8 Å². The quantitative estimate of drug-likeness (QED) is 0.390. The van der Waals surface area contributed by atoms with Gasteiger partial charge in [0.1, 0.15) is 11.6 Å². The molecule has 174 valence electrons. The van der Waals surface area contributed by atoms with Crippen molar-refractivity contribution in [3.05, 3.63) is 77.1 Å². The monoisotopic (exact) mass is 464 g/mol. The van der Waals surface area contributed by atoms with E-state index in [1.165, 1.54) is 18.2 Å². The minimum atomic E-state index is -2.95. The zero-order valence-electron chi connectivity index (χ0n) is 18.4. The third kappa shape index (κ3) is 4.28. The molecule has 2 aliphatic heterocycles. The molecule has 0 atom stereocenters. The van der Waals surface area contributed by atoms with Gasteiger partial charge in [-0.15, -0.1) is 0 Å². The van der Waals surface area contributed by atoms with Gasteiger partial charge in [-0.25, -0.2) is 14.5 Å². The van der Waals surface area contributed by atoms with Gasteiger partial charge in [0, 0.05) is 24.2 Å². The molecule has 9 heteroatoms. The van der Waals surface area contributed by atoms with E-state index in [2.05, 4.69) is 14.6 Å². The number of aryl methyl sites for hydroxylation is 1. The first-order valence-corrected chi connectivity index (χ1v) is 11.0. The van der Waals surface area contributed by atoms with E-state index in [1.807, 2.05) is 41.9 Å². The first-order valence-electron chi connectivity index (χ1n) is 11.0. The molecule has 3 aromatic rings. The number of cyclic esters (lactones) is 1. The molecule has 0 amide bonds. The molecule has 1 aromatic heterocycles. The summed E-state index contributed by atoms with van der Waals surface area (Å²) in [6.07, 6.45) is 3.84. The summed E-state index contributed by atoms with van der Waals surface area (Å²) < 4.78 is 36.8. The number of benzene rings is 2. The van der Waals surface area contributed by atoms with Crippen LogP contribution in [0.15, 0.2) is 65.3 Å². The average Bonchev–Trinajstić information content (AvgIpc) is 3.55. The van der Waals surface area contributed by atoms with Gasteiger partial charge in [-0.05, 0) is 56.2 Å². The summed E-state index contributed by atoms with van der Waals surface area (Å²) in [6, 6.07) is 15.7. The van der Waals surface area contributed by atoms with Gasteiger partial charge >= 0.3 is 12.6 Å². The molecule has 2 aliphatic rings. The summed E-state index contributed by atoms with van der Waals surface area (Å²) in [6.45, 7) is 0.724. The lowest BCUT2D eigenvalue weighted by atomic mass is 10.2. The summed E-state index contributed by atoms with van der Waals surface area (Å²) in [7, 11) is 0. The molecule has 0 bridgehead atoms. The van der Waals surface area contributed by atoms with Gasteiger partial charge in [-0.2, -0.15) is 13.9 Å². The van der Waals surface area contributed by atoms with E-state index in [0.29, 0.717) is 5.56 Å². The summed E-state index contributed by atoms with van der Waals surface area (Å²) in [5, 5.41) is 4.75. The molecule has 0 saturated carbocycles. The summed E-state index contributed by atoms with van der Waals surface area (Å²) in [5.41, 5.74) is 2.95. The SMILES string of the molecule is Cc1nn(-c2ccccc2)c(N2CCCC2)c1/C=C1/N=C(c2cccc(OC(F)F)c2)OC1=O. The van der Waals surface area contributed by atoms with Crippen LogP contribution in [0.2, 0.25) is 0 Å². The molecule has 0 spiro atoms. The number of carbonyl (C=O) groups is 1. The van der Waals surface area contributed by atoms with Crippen molar-refractivity contribution < 1.29 is 23.0 Å². The van der Waals surface area contributed by atoms with Gasteiger partial charge in [0.2, 0.25) is 5.90 Å². The Morgan fingerprint density at radius 1 is 1.09 bits per heavy atom. The largest absolute Gasteiger partial charge is 0.435 e. The fourth-order valence-corrected chi connectivity index (χ4v) is 4.15. The highest BCUT2D eigenvalue weighted by Gasteiger charge is 2.28. The number of hydrogen-bond acceptors (Lipinski definition) is 6. The number of esters is 1. The molecule has 34 heavy (non-hydrogen) atoms. The number of nitrogens with zero attached hydrogens (tertiary/aromatic N) is 4. The molecular weight excluding hydrogens is 442 g/mol. The van der Waals surface area contributed by atoms with Gasteiger partial charge in [-0.3, -0.25) is 0 Å². The molecule has 7 nitrogen and oxygen atoms in total. The lowest BCUT2D eigenvalue weighted by Gasteiger charge is -2.20. The van der Waals surface area contributed by atoms with Gasteiger partial charge in [0.25, 0.3) is 0 Å². The van der Waals surface area contributed by atoms with E-state index < -0.39 is 12.6 Å². The van der Waals surface area contributed by atoms with Crippen molar-refractivity contribution in [1.82, 2.24) is 9.78 Å². The number of aliphatic imine (C=N–C) groups is 1. The fourth-order valence-electron chi connectivity index (χ4n) is 4.15. The van der Waals surface area contributed by atoms with Gasteiger partial charge in [0.05, 0.1) is 11.4 Å². The molecule has 0 aliphatic carbocycles.